The molecule has 1 unspecified atom stereocenters. The summed E-state index contributed by atoms with van der Waals surface area (Å²) in [5, 5.41) is 8.44. The number of carboxylic acids is 1. The Morgan fingerprint density at radius 2 is 2.17 bits per heavy atom. The average molecular weight is 280 g/mol. The zero-order chi connectivity index (χ0) is 13.8. The van der Waals surface area contributed by atoms with Crippen LogP contribution in [0.3, 0.4) is 0 Å². The van der Waals surface area contributed by atoms with E-state index in [0.717, 1.165) is 4.31 Å². The molecule has 1 aliphatic heterocycles. The molecule has 1 atom stereocenters. The van der Waals surface area contributed by atoms with Crippen LogP contribution in [0.4, 0.5) is 0 Å². The van der Waals surface area contributed by atoms with E-state index in [-0.39, 0.29) is 13.2 Å². The van der Waals surface area contributed by atoms with Crippen molar-refractivity contribution in [3.63, 3.8) is 0 Å². The van der Waals surface area contributed by atoms with Gasteiger partial charge in [-0.25, -0.2) is 0 Å². The molecule has 104 valence electrons. The Balaban J connectivity index is 2.74. The SMILES string of the molecule is CCOC(=O)C1CCCN1S(=O)(=O)NCC(=O)O. The largest absolute Gasteiger partial charge is 0.480 e. The van der Waals surface area contributed by atoms with Crippen molar-refractivity contribution in [1.29, 1.82) is 0 Å². The first kappa shape index (κ1) is 14.9. The van der Waals surface area contributed by atoms with Gasteiger partial charge in [0, 0.05) is 6.54 Å². The number of carbonyl (C=O) groups is 2. The molecule has 0 aromatic heterocycles. The zero-order valence-corrected chi connectivity index (χ0v) is 10.8. The summed E-state index contributed by atoms with van der Waals surface area (Å²) in [6.07, 6.45) is 0.921. The maximum atomic E-state index is 11.8. The molecule has 0 amide bonds. The molecule has 1 rings (SSSR count). The van der Waals surface area contributed by atoms with Crippen LogP contribution >= 0.6 is 0 Å². The Labute approximate surface area is 105 Å². The minimum atomic E-state index is -3.97. The third kappa shape index (κ3) is 3.65. The van der Waals surface area contributed by atoms with Crippen molar-refractivity contribution < 1.29 is 27.9 Å². The van der Waals surface area contributed by atoms with Gasteiger partial charge < -0.3 is 9.84 Å². The highest BCUT2D eigenvalue weighted by Crippen LogP contribution is 2.21. The molecule has 1 fully saturated rings. The monoisotopic (exact) mass is 280 g/mol. The third-order valence-corrected chi connectivity index (χ3v) is 4.04. The van der Waals surface area contributed by atoms with Crippen molar-refractivity contribution in [1.82, 2.24) is 9.03 Å². The molecule has 1 saturated heterocycles. The molecule has 2 N–H and O–H groups in total. The van der Waals surface area contributed by atoms with Crippen molar-refractivity contribution in [3.8, 4) is 0 Å². The summed E-state index contributed by atoms with van der Waals surface area (Å²) in [6, 6.07) is -0.865. The van der Waals surface area contributed by atoms with Gasteiger partial charge in [-0.05, 0) is 19.8 Å². The van der Waals surface area contributed by atoms with E-state index in [0.29, 0.717) is 12.8 Å². The lowest BCUT2D eigenvalue weighted by molar-refractivity contribution is -0.146. The quantitative estimate of drug-likeness (QED) is 0.599. The van der Waals surface area contributed by atoms with Crippen LogP contribution < -0.4 is 4.72 Å². The summed E-state index contributed by atoms with van der Waals surface area (Å²) in [5.41, 5.74) is 0. The second-order valence-electron chi connectivity index (χ2n) is 3.74. The summed E-state index contributed by atoms with van der Waals surface area (Å²) in [6.45, 7) is 1.27. The fourth-order valence-electron chi connectivity index (χ4n) is 1.74. The molecule has 0 aliphatic carbocycles. The Morgan fingerprint density at radius 1 is 1.50 bits per heavy atom. The van der Waals surface area contributed by atoms with Crippen LogP contribution in [0.1, 0.15) is 19.8 Å². The fraction of sp³-hybridized carbons (Fsp3) is 0.778. The highest BCUT2D eigenvalue weighted by molar-refractivity contribution is 7.87. The van der Waals surface area contributed by atoms with Gasteiger partial charge in [0.1, 0.15) is 12.6 Å². The number of carbonyl (C=O) groups excluding carboxylic acids is 1. The number of carboxylic acid groups (broad SMARTS) is 1. The number of rotatable bonds is 6. The first-order chi connectivity index (χ1) is 8.38. The Bertz CT molecular complexity index is 421. The van der Waals surface area contributed by atoms with E-state index in [1.165, 1.54) is 0 Å². The standard InChI is InChI=1S/C9H16N2O6S/c1-2-17-9(14)7-4-3-5-11(7)18(15,16)10-6-8(12)13/h7,10H,2-6H2,1H3,(H,12,13). The average Bonchev–Trinajstić information content (AvgIpc) is 2.76. The van der Waals surface area contributed by atoms with Crippen LogP contribution in [0.25, 0.3) is 0 Å². The minimum Gasteiger partial charge on any atom is -0.480 e. The van der Waals surface area contributed by atoms with Gasteiger partial charge in [-0.2, -0.15) is 17.4 Å². The minimum absolute atomic E-state index is 0.172. The van der Waals surface area contributed by atoms with E-state index in [1.807, 2.05) is 4.72 Å². The van der Waals surface area contributed by atoms with Crippen LogP contribution in [-0.4, -0.2) is 55.5 Å². The lowest BCUT2D eigenvalue weighted by Gasteiger charge is -2.22. The third-order valence-electron chi connectivity index (χ3n) is 2.48. The van der Waals surface area contributed by atoms with Crippen molar-refractivity contribution in [2.45, 2.75) is 25.8 Å². The molecule has 1 aliphatic rings. The maximum absolute atomic E-state index is 11.8. The summed E-state index contributed by atoms with van der Waals surface area (Å²) >= 11 is 0. The van der Waals surface area contributed by atoms with E-state index in [4.69, 9.17) is 9.84 Å². The van der Waals surface area contributed by atoms with Gasteiger partial charge >= 0.3 is 11.9 Å². The maximum Gasteiger partial charge on any atom is 0.324 e. The molecule has 18 heavy (non-hydrogen) atoms. The molecular formula is C9H16N2O6S. The van der Waals surface area contributed by atoms with E-state index in [1.54, 1.807) is 6.92 Å². The van der Waals surface area contributed by atoms with Crippen molar-refractivity contribution in [2.24, 2.45) is 0 Å². The fourth-order valence-corrected chi connectivity index (χ4v) is 3.11. The summed E-state index contributed by atoms with van der Waals surface area (Å²) in [4.78, 5) is 21.9. The van der Waals surface area contributed by atoms with Gasteiger partial charge in [0.2, 0.25) is 0 Å². The Kier molecular flexibility index (Phi) is 5.05. The second kappa shape index (κ2) is 6.12. The smallest absolute Gasteiger partial charge is 0.324 e. The van der Waals surface area contributed by atoms with Gasteiger partial charge in [0.15, 0.2) is 0 Å². The highest BCUT2D eigenvalue weighted by Gasteiger charge is 2.39. The molecule has 0 saturated carbocycles. The Hall–Kier alpha value is -1.19. The van der Waals surface area contributed by atoms with Crippen molar-refractivity contribution in [2.75, 3.05) is 19.7 Å². The lowest BCUT2D eigenvalue weighted by atomic mass is 10.2. The number of nitrogens with one attached hydrogen (secondary N) is 1. The predicted octanol–water partition coefficient (Wildman–Crippen LogP) is -1.07. The molecule has 9 heteroatoms. The topological polar surface area (TPSA) is 113 Å². The molecular weight excluding hydrogens is 264 g/mol. The molecule has 0 spiro atoms. The summed E-state index contributed by atoms with van der Waals surface area (Å²) < 4.78 is 31.3. The predicted molar refractivity (Wildman–Crippen MR) is 60.9 cm³/mol. The number of hydrogen-bond donors (Lipinski definition) is 2. The lowest BCUT2D eigenvalue weighted by Crippen LogP contribution is -2.48. The Morgan fingerprint density at radius 3 is 2.72 bits per heavy atom. The number of esters is 1. The van der Waals surface area contributed by atoms with Crippen molar-refractivity contribution in [3.05, 3.63) is 0 Å². The first-order valence-corrected chi connectivity index (χ1v) is 6.97. The number of nitrogens with zero attached hydrogens (tertiary/aromatic N) is 1. The normalized spacial score (nSPS) is 20.8. The number of hydrogen-bond acceptors (Lipinski definition) is 5. The summed E-state index contributed by atoms with van der Waals surface area (Å²) in [5.74, 6) is -1.89. The highest BCUT2D eigenvalue weighted by atomic mass is 32.2. The first-order valence-electron chi connectivity index (χ1n) is 5.53. The van der Waals surface area contributed by atoms with Gasteiger partial charge in [0.25, 0.3) is 10.2 Å². The van der Waals surface area contributed by atoms with Gasteiger partial charge in [-0.3, -0.25) is 9.59 Å². The van der Waals surface area contributed by atoms with Crippen LogP contribution in [-0.2, 0) is 24.5 Å². The zero-order valence-electron chi connectivity index (χ0n) is 9.96. The van der Waals surface area contributed by atoms with Crippen molar-refractivity contribution >= 4 is 22.1 Å². The summed E-state index contributed by atoms with van der Waals surface area (Å²) in [7, 11) is -3.97. The molecule has 1 heterocycles. The molecule has 0 aromatic rings. The van der Waals surface area contributed by atoms with Crippen LogP contribution in [0.15, 0.2) is 0 Å². The molecule has 8 nitrogen and oxygen atoms in total. The van der Waals surface area contributed by atoms with E-state index in [2.05, 4.69) is 0 Å². The van der Waals surface area contributed by atoms with Crippen LogP contribution in [0.5, 0.6) is 0 Å². The molecule has 0 aromatic carbocycles. The number of aliphatic carboxylic acids is 1. The second-order valence-corrected chi connectivity index (χ2v) is 5.45. The number of ether oxygens (including phenoxy) is 1. The van der Waals surface area contributed by atoms with Gasteiger partial charge in [0.05, 0.1) is 6.61 Å². The van der Waals surface area contributed by atoms with Crippen LogP contribution in [0, 0.1) is 0 Å². The van der Waals surface area contributed by atoms with Crippen LogP contribution in [0.2, 0.25) is 0 Å². The molecule has 0 radical (unpaired) electrons. The molecule has 0 bridgehead atoms. The van der Waals surface area contributed by atoms with E-state index >= 15 is 0 Å². The van der Waals surface area contributed by atoms with Gasteiger partial charge in [-0.15, -0.1) is 0 Å². The van der Waals surface area contributed by atoms with E-state index in [9.17, 15) is 18.0 Å². The van der Waals surface area contributed by atoms with Gasteiger partial charge in [-0.1, -0.05) is 0 Å². The van der Waals surface area contributed by atoms with E-state index < -0.39 is 34.7 Å².